The van der Waals surface area contributed by atoms with E-state index in [-0.39, 0.29) is 23.8 Å². The zero-order chi connectivity index (χ0) is 20.4. The van der Waals surface area contributed by atoms with Gasteiger partial charge >= 0.3 is 0 Å². The third-order valence-corrected chi connectivity index (χ3v) is 6.48. The zero-order valence-corrected chi connectivity index (χ0v) is 17.3. The van der Waals surface area contributed by atoms with Gasteiger partial charge in [-0.25, -0.2) is 0 Å². The van der Waals surface area contributed by atoms with Gasteiger partial charge in [0.25, 0.3) is 5.91 Å². The molecule has 1 fully saturated rings. The maximum absolute atomic E-state index is 13.9. The molecule has 5 nitrogen and oxygen atoms in total. The Morgan fingerprint density at radius 2 is 2.03 bits per heavy atom. The second kappa shape index (κ2) is 8.36. The molecule has 0 unspecified atom stereocenters. The van der Waals surface area contributed by atoms with Crippen LogP contribution in [-0.2, 0) is 11.3 Å². The average molecular weight is 392 g/mol. The van der Waals surface area contributed by atoms with Crippen molar-refractivity contribution < 1.29 is 9.59 Å². The summed E-state index contributed by atoms with van der Waals surface area (Å²) in [6.07, 6.45) is 7.53. The number of fused-ring (bicyclic) bond motifs is 1. The van der Waals surface area contributed by atoms with Gasteiger partial charge in [0.15, 0.2) is 0 Å². The summed E-state index contributed by atoms with van der Waals surface area (Å²) >= 11 is 0. The van der Waals surface area contributed by atoms with Crippen LogP contribution >= 0.6 is 0 Å². The van der Waals surface area contributed by atoms with Crippen LogP contribution in [0.5, 0.6) is 0 Å². The van der Waals surface area contributed by atoms with Crippen LogP contribution in [0.15, 0.2) is 48.8 Å². The standard InChI is InChI=1S/C24H29N3O2/c1-3-17(2)22(27-16-19-9-4-5-11-20(19)23(27)28)24(29)26-14-7-6-12-21(26)18-10-8-13-25-15-18/h4-5,8-11,13,15,17,21-22H,3,6-7,12,14,16H2,1-2H3/t17-,21-,22+/m0/s1. The van der Waals surface area contributed by atoms with Crippen LogP contribution in [-0.4, -0.2) is 39.2 Å². The van der Waals surface area contributed by atoms with E-state index in [2.05, 4.69) is 24.9 Å². The Balaban J connectivity index is 1.65. The quantitative estimate of drug-likeness (QED) is 0.767. The lowest BCUT2D eigenvalue weighted by molar-refractivity contribution is -0.142. The SMILES string of the molecule is CC[C@H](C)[C@H](C(=O)N1CCCC[C@H]1c1cccnc1)N1Cc2ccccc2C1=O. The van der Waals surface area contributed by atoms with Gasteiger partial charge < -0.3 is 9.80 Å². The number of piperidine rings is 1. The van der Waals surface area contributed by atoms with Crippen molar-refractivity contribution in [3.8, 4) is 0 Å². The summed E-state index contributed by atoms with van der Waals surface area (Å²) < 4.78 is 0. The predicted molar refractivity (Wildman–Crippen MR) is 112 cm³/mol. The summed E-state index contributed by atoms with van der Waals surface area (Å²) in [6.45, 7) is 5.43. The zero-order valence-electron chi connectivity index (χ0n) is 17.3. The first kappa shape index (κ1) is 19.6. The maximum Gasteiger partial charge on any atom is 0.255 e. The third-order valence-electron chi connectivity index (χ3n) is 6.48. The lowest BCUT2D eigenvalue weighted by atomic mass is 9.91. The molecule has 3 atom stereocenters. The second-order valence-electron chi connectivity index (χ2n) is 8.25. The van der Waals surface area contributed by atoms with Gasteiger partial charge in [0.05, 0.1) is 6.04 Å². The van der Waals surface area contributed by atoms with Gasteiger partial charge in [-0.3, -0.25) is 14.6 Å². The van der Waals surface area contributed by atoms with Gasteiger partial charge in [-0.05, 0) is 48.4 Å². The van der Waals surface area contributed by atoms with Gasteiger partial charge in [-0.1, -0.05) is 44.5 Å². The molecule has 0 aliphatic carbocycles. The van der Waals surface area contributed by atoms with Crippen molar-refractivity contribution in [1.29, 1.82) is 0 Å². The van der Waals surface area contributed by atoms with E-state index in [1.54, 1.807) is 11.1 Å². The lowest BCUT2D eigenvalue weighted by Gasteiger charge is -2.41. The monoisotopic (exact) mass is 391 g/mol. The minimum Gasteiger partial charge on any atom is -0.334 e. The van der Waals surface area contributed by atoms with Crippen LogP contribution in [0.1, 0.15) is 67.1 Å². The fraction of sp³-hybridized carbons (Fsp3) is 0.458. The molecule has 4 rings (SSSR count). The Kier molecular flexibility index (Phi) is 5.65. The van der Waals surface area contributed by atoms with Crippen molar-refractivity contribution >= 4 is 11.8 Å². The number of hydrogen-bond donors (Lipinski definition) is 0. The first-order chi connectivity index (χ1) is 14.1. The summed E-state index contributed by atoms with van der Waals surface area (Å²) in [7, 11) is 0. The molecule has 0 bridgehead atoms. The van der Waals surface area contributed by atoms with Crippen molar-refractivity contribution in [3.05, 3.63) is 65.5 Å². The van der Waals surface area contributed by atoms with E-state index in [0.717, 1.165) is 48.9 Å². The van der Waals surface area contributed by atoms with Crippen molar-refractivity contribution in [3.63, 3.8) is 0 Å². The molecule has 2 aliphatic heterocycles. The molecular formula is C24H29N3O2. The molecule has 1 aromatic carbocycles. The van der Waals surface area contributed by atoms with Crippen LogP contribution in [0, 0.1) is 5.92 Å². The topological polar surface area (TPSA) is 53.5 Å². The molecule has 2 aromatic rings. The van der Waals surface area contributed by atoms with Gasteiger partial charge in [-0.15, -0.1) is 0 Å². The molecule has 2 aliphatic rings. The van der Waals surface area contributed by atoms with E-state index in [9.17, 15) is 9.59 Å². The van der Waals surface area contributed by atoms with E-state index in [1.807, 2.05) is 41.4 Å². The van der Waals surface area contributed by atoms with Crippen molar-refractivity contribution in [1.82, 2.24) is 14.8 Å². The Morgan fingerprint density at radius 3 is 2.76 bits per heavy atom. The number of pyridine rings is 1. The van der Waals surface area contributed by atoms with E-state index < -0.39 is 6.04 Å². The molecular weight excluding hydrogens is 362 g/mol. The van der Waals surface area contributed by atoms with E-state index in [4.69, 9.17) is 0 Å². The van der Waals surface area contributed by atoms with Crippen LogP contribution in [0.3, 0.4) is 0 Å². The first-order valence-electron chi connectivity index (χ1n) is 10.7. The molecule has 29 heavy (non-hydrogen) atoms. The maximum atomic E-state index is 13.9. The van der Waals surface area contributed by atoms with Gasteiger partial charge in [-0.2, -0.15) is 0 Å². The molecule has 0 saturated carbocycles. The molecule has 152 valence electrons. The number of amides is 2. The third kappa shape index (κ3) is 3.66. The van der Waals surface area contributed by atoms with Crippen LogP contribution < -0.4 is 0 Å². The van der Waals surface area contributed by atoms with E-state index >= 15 is 0 Å². The predicted octanol–water partition coefficient (Wildman–Crippen LogP) is 4.21. The second-order valence-corrected chi connectivity index (χ2v) is 8.25. The summed E-state index contributed by atoms with van der Waals surface area (Å²) in [5.74, 6) is 0.153. The largest absolute Gasteiger partial charge is 0.334 e. The first-order valence-corrected chi connectivity index (χ1v) is 10.7. The van der Waals surface area contributed by atoms with Crippen molar-refractivity contribution in [2.45, 2.75) is 58.2 Å². The summed E-state index contributed by atoms with van der Waals surface area (Å²) in [5.41, 5.74) is 2.83. The molecule has 1 saturated heterocycles. The van der Waals surface area contributed by atoms with Crippen molar-refractivity contribution in [2.24, 2.45) is 5.92 Å². The summed E-state index contributed by atoms with van der Waals surface area (Å²) in [5, 5.41) is 0. The van der Waals surface area contributed by atoms with Gasteiger partial charge in [0, 0.05) is 31.0 Å². The molecule has 0 spiro atoms. The number of nitrogens with zero attached hydrogens (tertiary/aromatic N) is 3. The summed E-state index contributed by atoms with van der Waals surface area (Å²) in [4.78, 5) is 35.1. The van der Waals surface area contributed by atoms with Crippen LogP contribution in [0.25, 0.3) is 0 Å². The molecule has 1 aromatic heterocycles. The Morgan fingerprint density at radius 1 is 1.21 bits per heavy atom. The Labute approximate surface area is 172 Å². The van der Waals surface area contributed by atoms with Gasteiger partial charge in [0.2, 0.25) is 5.91 Å². The number of benzene rings is 1. The van der Waals surface area contributed by atoms with E-state index in [1.165, 1.54) is 0 Å². The molecule has 3 heterocycles. The fourth-order valence-corrected chi connectivity index (χ4v) is 4.69. The normalized spacial score (nSPS) is 21.0. The fourth-order valence-electron chi connectivity index (χ4n) is 4.69. The Hall–Kier alpha value is -2.69. The Bertz CT molecular complexity index is 883. The van der Waals surface area contributed by atoms with E-state index in [0.29, 0.717) is 6.54 Å². The molecule has 5 heteroatoms. The minimum atomic E-state index is -0.433. The smallest absolute Gasteiger partial charge is 0.255 e. The minimum absolute atomic E-state index is 0.0193. The molecule has 0 radical (unpaired) electrons. The van der Waals surface area contributed by atoms with Crippen LogP contribution in [0.4, 0.5) is 0 Å². The molecule has 2 amide bonds. The highest BCUT2D eigenvalue weighted by Crippen LogP contribution is 2.35. The van der Waals surface area contributed by atoms with Crippen LogP contribution in [0.2, 0.25) is 0 Å². The number of hydrogen-bond acceptors (Lipinski definition) is 3. The number of aromatic nitrogens is 1. The summed E-state index contributed by atoms with van der Waals surface area (Å²) in [6, 6.07) is 11.3. The van der Waals surface area contributed by atoms with Crippen molar-refractivity contribution in [2.75, 3.05) is 6.54 Å². The van der Waals surface area contributed by atoms with Gasteiger partial charge in [0.1, 0.15) is 6.04 Å². The number of likely N-dealkylation sites (tertiary alicyclic amines) is 1. The lowest BCUT2D eigenvalue weighted by Crippen LogP contribution is -2.53. The number of rotatable bonds is 5. The average Bonchev–Trinajstić information content (AvgIpc) is 3.10. The highest BCUT2D eigenvalue weighted by Gasteiger charge is 2.42. The molecule has 0 N–H and O–H groups in total. The number of carbonyl (C=O) groups excluding carboxylic acids is 2. The highest BCUT2D eigenvalue weighted by molar-refractivity contribution is 6.01. The highest BCUT2D eigenvalue weighted by atomic mass is 16.2. The number of carbonyl (C=O) groups is 2.